The third-order valence-corrected chi connectivity index (χ3v) is 4.53. The zero-order valence-electron chi connectivity index (χ0n) is 11.5. The first-order chi connectivity index (χ1) is 9.19. The molecule has 0 spiro atoms. The highest BCUT2D eigenvalue weighted by Crippen LogP contribution is 2.26. The lowest BCUT2D eigenvalue weighted by Gasteiger charge is -2.29. The predicted octanol–water partition coefficient (Wildman–Crippen LogP) is 1.79. The van der Waals surface area contributed by atoms with E-state index >= 15 is 0 Å². The van der Waals surface area contributed by atoms with Crippen LogP contribution in [-0.4, -0.2) is 39.8 Å². The maximum absolute atomic E-state index is 5.95. The number of thiocarbonyl (C=S) groups is 1. The van der Waals surface area contributed by atoms with Crippen molar-refractivity contribution in [2.45, 2.75) is 26.7 Å². The zero-order chi connectivity index (χ0) is 13.8. The van der Waals surface area contributed by atoms with Crippen LogP contribution in [0.5, 0.6) is 0 Å². The molecule has 2 N–H and O–H groups in total. The van der Waals surface area contributed by atoms with Crippen molar-refractivity contribution >= 4 is 34.8 Å². The molecule has 4 nitrogen and oxygen atoms in total. The van der Waals surface area contributed by atoms with Crippen molar-refractivity contribution in [3.63, 3.8) is 0 Å². The van der Waals surface area contributed by atoms with Gasteiger partial charge in [0.15, 0.2) is 5.82 Å². The summed E-state index contributed by atoms with van der Waals surface area (Å²) >= 11 is 7.23. The minimum Gasteiger partial charge on any atom is -0.389 e. The Balaban J connectivity index is 2.50. The molecule has 104 valence electrons. The van der Waals surface area contributed by atoms with Gasteiger partial charge in [0, 0.05) is 24.6 Å². The molecule has 1 aliphatic heterocycles. The van der Waals surface area contributed by atoms with Gasteiger partial charge in [0.25, 0.3) is 0 Å². The summed E-state index contributed by atoms with van der Waals surface area (Å²) in [5, 5.41) is 8.77. The Morgan fingerprint density at radius 1 is 1.26 bits per heavy atom. The van der Waals surface area contributed by atoms with Crippen LogP contribution in [0.25, 0.3) is 0 Å². The highest BCUT2D eigenvalue weighted by molar-refractivity contribution is 7.99. The molecule has 6 heteroatoms. The van der Waals surface area contributed by atoms with Crippen molar-refractivity contribution in [1.29, 1.82) is 0 Å². The molecule has 19 heavy (non-hydrogen) atoms. The molecule has 2 rings (SSSR count). The highest BCUT2D eigenvalue weighted by atomic mass is 32.2. The van der Waals surface area contributed by atoms with Gasteiger partial charge in [-0.05, 0) is 18.4 Å². The SMILES string of the molecule is CCc1nnc(N2CCSCC2)c(C(N)=S)c1CC. The average molecular weight is 296 g/mol. The molecule has 0 amide bonds. The number of aryl methyl sites for hydroxylation is 1. The fraction of sp³-hybridized carbons (Fsp3) is 0.615. The Kier molecular flexibility index (Phi) is 4.99. The molecular formula is C13H20N4S2. The molecule has 1 aromatic rings. The number of nitrogens with two attached hydrogens (primary N) is 1. The molecule has 0 radical (unpaired) electrons. The molecular weight excluding hydrogens is 276 g/mol. The van der Waals surface area contributed by atoms with Gasteiger partial charge < -0.3 is 10.6 Å². The number of hydrogen-bond donors (Lipinski definition) is 1. The van der Waals surface area contributed by atoms with E-state index in [4.69, 9.17) is 18.0 Å². The molecule has 1 aromatic heterocycles. The van der Waals surface area contributed by atoms with Crippen LogP contribution in [0.15, 0.2) is 0 Å². The van der Waals surface area contributed by atoms with Crippen LogP contribution in [0.4, 0.5) is 5.82 Å². The number of hydrogen-bond acceptors (Lipinski definition) is 5. The Morgan fingerprint density at radius 2 is 1.95 bits per heavy atom. The molecule has 0 unspecified atom stereocenters. The largest absolute Gasteiger partial charge is 0.389 e. The lowest BCUT2D eigenvalue weighted by atomic mass is 10.0. The monoisotopic (exact) mass is 296 g/mol. The van der Waals surface area contributed by atoms with Crippen molar-refractivity contribution in [2.24, 2.45) is 5.73 Å². The maximum atomic E-state index is 5.95. The summed E-state index contributed by atoms with van der Waals surface area (Å²) in [4.78, 5) is 2.70. The van der Waals surface area contributed by atoms with Gasteiger partial charge in [-0.1, -0.05) is 26.1 Å². The minimum absolute atomic E-state index is 0.440. The highest BCUT2D eigenvalue weighted by Gasteiger charge is 2.22. The second-order valence-electron chi connectivity index (χ2n) is 4.49. The number of nitrogens with zero attached hydrogens (tertiary/aromatic N) is 3. The Hall–Kier alpha value is -0.880. The van der Waals surface area contributed by atoms with Gasteiger partial charge in [-0.25, -0.2) is 0 Å². The molecule has 0 bridgehead atoms. The summed E-state index contributed by atoms with van der Waals surface area (Å²) in [5.41, 5.74) is 9.07. The van der Waals surface area contributed by atoms with E-state index < -0.39 is 0 Å². The second-order valence-corrected chi connectivity index (χ2v) is 6.16. The van der Waals surface area contributed by atoms with Crippen molar-refractivity contribution < 1.29 is 0 Å². The Morgan fingerprint density at radius 3 is 2.47 bits per heavy atom. The standard InChI is InChI=1S/C13H20N4S2/c1-3-9-10(4-2)15-16-13(11(9)12(14)18)17-5-7-19-8-6-17/h3-8H2,1-2H3,(H2,14,18). The molecule has 1 aliphatic rings. The van der Waals surface area contributed by atoms with Gasteiger partial charge in [0.05, 0.1) is 11.3 Å². The van der Waals surface area contributed by atoms with Gasteiger partial charge in [-0.15, -0.1) is 5.10 Å². The first kappa shape index (κ1) is 14.5. The fourth-order valence-corrected chi connectivity index (χ4v) is 3.54. The van der Waals surface area contributed by atoms with Crippen molar-refractivity contribution in [1.82, 2.24) is 10.2 Å². The topological polar surface area (TPSA) is 55.0 Å². The molecule has 0 aliphatic carbocycles. The number of aromatic nitrogens is 2. The van der Waals surface area contributed by atoms with E-state index in [1.54, 1.807) is 0 Å². The van der Waals surface area contributed by atoms with Gasteiger partial charge in [-0.3, -0.25) is 0 Å². The molecule has 1 fully saturated rings. The van der Waals surface area contributed by atoms with Crippen LogP contribution in [0.1, 0.15) is 30.7 Å². The number of rotatable bonds is 4. The summed E-state index contributed by atoms with van der Waals surface area (Å²) < 4.78 is 0. The van der Waals surface area contributed by atoms with Crippen molar-refractivity contribution in [3.8, 4) is 0 Å². The van der Waals surface area contributed by atoms with E-state index in [-0.39, 0.29) is 0 Å². The molecule has 0 aromatic carbocycles. The van der Waals surface area contributed by atoms with Crippen LogP contribution in [0.2, 0.25) is 0 Å². The third-order valence-electron chi connectivity index (χ3n) is 3.38. The summed E-state index contributed by atoms with van der Waals surface area (Å²) in [5.74, 6) is 3.12. The average Bonchev–Trinajstić information content (AvgIpc) is 2.46. The zero-order valence-corrected chi connectivity index (χ0v) is 13.1. The third kappa shape index (κ3) is 3.00. The summed E-state index contributed by atoms with van der Waals surface area (Å²) in [6.07, 6.45) is 1.75. The van der Waals surface area contributed by atoms with Crippen LogP contribution in [0, 0.1) is 0 Å². The van der Waals surface area contributed by atoms with Crippen LogP contribution in [0.3, 0.4) is 0 Å². The summed E-state index contributed by atoms with van der Waals surface area (Å²) in [7, 11) is 0. The van der Waals surface area contributed by atoms with E-state index in [1.807, 2.05) is 11.8 Å². The Labute approximate surface area is 124 Å². The number of anilines is 1. The van der Waals surface area contributed by atoms with E-state index in [9.17, 15) is 0 Å². The maximum Gasteiger partial charge on any atom is 0.161 e. The van der Waals surface area contributed by atoms with Gasteiger partial charge in [-0.2, -0.15) is 16.9 Å². The van der Waals surface area contributed by atoms with E-state index in [2.05, 4.69) is 28.9 Å². The lowest BCUT2D eigenvalue weighted by Crippen LogP contribution is -2.35. The van der Waals surface area contributed by atoms with Crippen molar-refractivity contribution in [3.05, 3.63) is 16.8 Å². The van der Waals surface area contributed by atoms with Crippen LogP contribution in [-0.2, 0) is 12.8 Å². The minimum atomic E-state index is 0.440. The van der Waals surface area contributed by atoms with Crippen LogP contribution < -0.4 is 10.6 Å². The van der Waals surface area contributed by atoms with Crippen molar-refractivity contribution in [2.75, 3.05) is 29.5 Å². The first-order valence-electron chi connectivity index (χ1n) is 6.69. The lowest BCUT2D eigenvalue weighted by molar-refractivity contribution is 0.792. The molecule has 2 heterocycles. The molecule has 0 atom stereocenters. The van der Waals surface area contributed by atoms with Gasteiger partial charge >= 0.3 is 0 Å². The molecule has 1 saturated heterocycles. The first-order valence-corrected chi connectivity index (χ1v) is 8.26. The summed E-state index contributed by atoms with van der Waals surface area (Å²) in [6, 6.07) is 0. The quantitative estimate of drug-likeness (QED) is 0.855. The van der Waals surface area contributed by atoms with Gasteiger partial charge in [0.1, 0.15) is 4.99 Å². The normalized spacial score (nSPS) is 15.6. The smallest absolute Gasteiger partial charge is 0.161 e. The van der Waals surface area contributed by atoms with E-state index in [0.717, 1.165) is 54.5 Å². The second kappa shape index (κ2) is 6.52. The number of thioether (sulfide) groups is 1. The molecule has 0 saturated carbocycles. The van der Waals surface area contributed by atoms with Crippen LogP contribution >= 0.6 is 24.0 Å². The fourth-order valence-electron chi connectivity index (χ4n) is 2.42. The predicted molar refractivity (Wildman–Crippen MR) is 86.2 cm³/mol. The van der Waals surface area contributed by atoms with E-state index in [1.165, 1.54) is 5.56 Å². The van der Waals surface area contributed by atoms with Gasteiger partial charge in [0.2, 0.25) is 0 Å². The Bertz CT molecular complexity index is 470. The van der Waals surface area contributed by atoms with E-state index in [0.29, 0.717) is 4.99 Å². The summed E-state index contributed by atoms with van der Waals surface area (Å²) in [6.45, 7) is 6.19.